The van der Waals surface area contributed by atoms with E-state index in [-0.39, 0.29) is 0 Å². The predicted octanol–water partition coefficient (Wildman–Crippen LogP) is 12.2. The summed E-state index contributed by atoms with van der Waals surface area (Å²) in [5.41, 5.74) is 16.7. The topological polar surface area (TPSA) is 12.9 Å². The molecule has 0 unspecified atom stereocenters. The van der Waals surface area contributed by atoms with E-state index < -0.39 is 0 Å². The smallest absolute Gasteiger partial charge is 0.0715 e. The molecule has 1 nitrogen and oxygen atoms in total. The van der Waals surface area contributed by atoms with E-state index in [1.165, 1.54) is 60.8 Å². The molecule has 7 aromatic carbocycles. The predicted molar refractivity (Wildman–Crippen MR) is 193 cm³/mol. The Balaban J connectivity index is 1.14. The van der Waals surface area contributed by atoms with Crippen LogP contribution in [0.15, 0.2) is 176 Å². The van der Waals surface area contributed by atoms with E-state index in [1.54, 1.807) is 0 Å². The van der Waals surface area contributed by atoms with Gasteiger partial charge in [-0.2, -0.15) is 0 Å². The zero-order chi connectivity index (χ0) is 30.5. The maximum Gasteiger partial charge on any atom is 0.0715 e. The number of hydrogen-bond donors (Lipinski definition) is 0. The average Bonchev–Trinajstić information content (AvgIpc) is 3.47. The molecular weight excluding hydrogens is 555 g/mol. The number of pyridine rings is 1. The van der Waals surface area contributed by atoms with E-state index in [9.17, 15) is 0 Å². The fraction of sp³-hybridized carbons (Fsp3) is 0. The van der Waals surface area contributed by atoms with Crippen LogP contribution in [0.4, 0.5) is 0 Å². The van der Waals surface area contributed by atoms with Crippen molar-refractivity contribution in [3.63, 3.8) is 0 Å². The van der Waals surface area contributed by atoms with E-state index in [2.05, 4.69) is 164 Å². The molecule has 0 aliphatic heterocycles. The Labute approximate surface area is 269 Å². The van der Waals surface area contributed by atoms with Gasteiger partial charge in [0.15, 0.2) is 0 Å². The summed E-state index contributed by atoms with van der Waals surface area (Å²) in [5.74, 6) is 0. The first-order valence-corrected chi connectivity index (χ1v) is 15.8. The molecule has 1 aliphatic rings. The molecule has 0 spiro atoms. The molecule has 0 N–H and O–H groups in total. The monoisotopic (exact) mass is 583 g/mol. The molecule has 8 aromatic rings. The van der Waals surface area contributed by atoms with Crippen molar-refractivity contribution in [1.82, 2.24) is 4.98 Å². The maximum atomic E-state index is 5.08. The van der Waals surface area contributed by atoms with Crippen LogP contribution in [0.2, 0.25) is 0 Å². The molecule has 0 fully saturated rings. The van der Waals surface area contributed by atoms with Crippen molar-refractivity contribution in [2.75, 3.05) is 0 Å². The zero-order valence-corrected chi connectivity index (χ0v) is 25.2. The first kappa shape index (κ1) is 26.4. The number of fused-ring (bicyclic) bond motifs is 3. The van der Waals surface area contributed by atoms with Gasteiger partial charge in [0.05, 0.1) is 11.4 Å². The van der Waals surface area contributed by atoms with Gasteiger partial charge in [-0.3, -0.25) is 0 Å². The molecule has 0 saturated heterocycles. The Morgan fingerprint density at radius 1 is 0.261 bits per heavy atom. The quantitative estimate of drug-likeness (QED) is 0.196. The fourth-order valence-electron chi connectivity index (χ4n) is 7.02. The normalized spacial score (nSPS) is 11.5. The number of benzene rings is 7. The van der Waals surface area contributed by atoms with Gasteiger partial charge in [0.25, 0.3) is 0 Å². The molecule has 0 saturated carbocycles. The highest BCUT2D eigenvalue weighted by Gasteiger charge is 2.22. The van der Waals surface area contributed by atoms with Crippen LogP contribution >= 0.6 is 0 Å². The van der Waals surface area contributed by atoms with Crippen LogP contribution in [0.1, 0.15) is 0 Å². The lowest BCUT2D eigenvalue weighted by molar-refractivity contribution is 1.32. The lowest BCUT2D eigenvalue weighted by Crippen LogP contribution is -1.91. The Morgan fingerprint density at radius 2 is 0.696 bits per heavy atom. The van der Waals surface area contributed by atoms with Crippen molar-refractivity contribution < 1.29 is 0 Å². The Kier molecular flexibility index (Phi) is 6.21. The highest BCUT2D eigenvalue weighted by atomic mass is 14.7. The van der Waals surface area contributed by atoms with Crippen molar-refractivity contribution in [3.8, 4) is 78.1 Å². The summed E-state index contributed by atoms with van der Waals surface area (Å²) in [6.07, 6.45) is 0. The van der Waals surface area contributed by atoms with E-state index in [0.29, 0.717) is 0 Å². The molecule has 9 rings (SSSR count). The summed E-state index contributed by atoms with van der Waals surface area (Å²) < 4.78 is 0. The largest absolute Gasteiger partial charge is 0.248 e. The summed E-state index contributed by atoms with van der Waals surface area (Å²) in [6, 6.07) is 63.3. The molecule has 0 bridgehead atoms. The molecular formula is C45H29N. The van der Waals surface area contributed by atoms with Gasteiger partial charge < -0.3 is 0 Å². The van der Waals surface area contributed by atoms with Crippen molar-refractivity contribution in [3.05, 3.63) is 176 Å². The third-order valence-corrected chi connectivity index (χ3v) is 9.22. The summed E-state index contributed by atoms with van der Waals surface area (Å²) >= 11 is 0. The molecule has 0 radical (unpaired) electrons. The highest BCUT2D eigenvalue weighted by molar-refractivity contribution is 6.18. The first-order valence-electron chi connectivity index (χ1n) is 15.8. The van der Waals surface area contributed by atoms with Crippen LogP contribution in [-0.4, -0.2) is 4.98 Å². The number of rotatable bonds is 5. The lowest BCUT2D eigenvalue weighted by Gasteiger charge is -2.13. The van der Waals surface area contributed by atoms with Crippen molar-refractivity contribution in [2.24, 2.45) is 0 Å². The van der Waals surface area contributed by atoms with Crippen molar-refractivity contribution in [2.45, 2.75) is 0 Å². The molecule has 0 atom stereocenters. The lowest BCUT2D eigenvalue weighted by atomic mass is 9.92. The molecule has 0 amide bonds. The van der Waals surface area contributed by atoms with Crippen LogP contribution in [0.5, 0.6) is 0 Å². The molecule has 1 aromatic heterocycles. The summed E-state index contributed by atoms with van der Waals surface area (Å²) in [5, 5.41) is 2.66. The SMILES string of the molecule is c1ccc(-c2cc(-c3cccc(-c4cccc(-c5ccc6c7c(cccc57)-c5ccccc5-6)c4)c3)cc(-c3ccccc3)n2)cc1. The van der Waals surface area contributed by atoms with Gasteiger partial charge in [-0.05, 0) is 90.7 Å². The number of hydrogen-bond acceptors (Lipinski definition) is 1. The third-order valence-electron chi connectivity index (χ3n) is 9.22. The van der Waals surface area contributed by atoms with E-state index >= 15 is 0 Å². The Hall–Kier alpha value is -6.05. The average molecular weight is 584 g/mol. The molecule has 214 valence electrons. The van der Waals surface area contributed by atoms with E-state index in [1.807, 2.05) is 12.1 Å². The summed E-state index contributed by atoms with van der Waals surface area (Å²) in [4.78, 5) is 5.08. The standard InChI is InChI=1S/C45H29N/c1-3-12-30(13-4-1)43-28-36(29-44(46-43)31-14-5-2-6-15-31)34-18-9-16-32(26-34)33-17-10-19-35(27-33)37-24-25-42-39-21-8-7-20-38(39)41-23-11-22-40(37)45(41)42/h1-29H. The van der Waals surface area contributed by atoms with Crippen LogP contribution in [0.25, 0.3) is 88.9 Å². The molecule has 46 heavy (non-hydrogen) atoms. The van der Waals surface area contributed by atoms with Crippen molar-refractivity contribution in [1.29, 1.82) is 0 Å². The highest BCUT2D eigenvalue weighted by Crippen LogP contribution is 2.49. The van der Waals surface area contributed by atoms with Crippen molar-refractivity contribution >= 4 is 10.8 Å². The maximum absolute atomic E-state index is 5.08. The van der Waals surface area contributed by atoms with Gasteiger partial charge >= 0.3 is 0 Å². The van der Waals surface area contributed by atoms with Crippen LogP contribution in [0.3, 0.4) is 0 Å². The minimum absolute atomic E-state index is 0.971. The van der Waals surface area contributed by atoms with Gasteiger partial charge in [0.1, 0.15) is 0 Å². The Morgan fingerprint density at radius 3 is 1.33 bits per heavy atom. The van der Waals surface area contributed by atoms with E-state index in [0.717, 1.165) is 28.1 Å². The minimum Gasteiger partial charge on any atom is -0.248 e. The minimum atomic E-state index is 0.971. The molecule has 1 heteroatoms. The first-order chi connectivity index (χ1) is 22.8. The number of nitrogens with zero attached hydrogens (tertiary/aromatic N) is 1. The van der Waals surface area contributed by atoms with E-state index in [4.69, 9.17) is 4.98 Å². The van der Waals surface area contributed by atoms with Gasteiger partial charge in [0.2, 0.25) is 0 Å². The molecule has 1 aliphatic carbocycles. The third kappa shape index (κ3) is 4.45. The number of aromatic nitrogens is 1. The van der Waals surface area contributed by atoms with Crippen LogP contribution < -0.4 is 0 Å². The second kappa shape index (κ2) is 10.8. The molecule has 1 heterocycles. The summed E-state index contributed by atoms with van der Waals surface area (Å²) in [7, 11) is 0. The fourth-order valence-corrected chi connectivity index (χ4v) is 7.02. The van der Waals surface area contributed by atoms with Gasteiger partial charge in [-0.1, -0.05) is 152 Å². The van der Waals surface area contributed by atoms with Gasteiger partial charge in [-0.15, -0.1) is 0 Å². The summed E-state index contributed by atoms with van der Waals surface area (Å²) in [6.45, 7) is 0. The van der Waals surface area contributed by atoms with Crippen LogP contribution in [-0.2, 0) is 0 Å². The van der Waals surface area contributed by atoms with Gasteiger partial charge in [-0.25, -0.2) is 4.98 Å². The second-order valence-corrected chi connectivity index (χ2v) is 12.0. The second-order valence-electron chi connectivity index (χ2n) is 12.0. The van der Waals surface area contributed by atoms with Crippen LogP contribution in [0, 0.1) is 0 Å². The zero-order valence-electron chi connectivity index (χ0n) is 25.2. The van der Waals surface area contributed by atoms with Gasteiger partial charge in [0, 0.05) is 11.1 Å². The Bertz CT molecular complexity index is 2320.